The van der Waals surface area contributed by atoms with Gasteiger partial charge >= 0.3 is 0 Å². The zero-order valence-corrected chi connectivity index (χ0v) is 18.2. The average molecular weight is 477 g/mol. The minimum Gasteiger partial charge on any atom is -0.493 e. The van der Waals surface area contributed by atoms with E-state index in [1.165, 1.54) is 12.8 Å². The van der Waals surface area contributed by atoms with Crippen molar-refractivity contribution < 1.29 is 14.2 Å². The minimum absolute atomic E-state index is 0. The lowest BCUT2D eigenvalue weighted by atomic mass is 10.3. The van der Waals surface area contributed by atoms with Gasteiger partial charge in [0.2, 0.25) is 0 Å². The molecule has 7 heteroatoms. The lowest BCUT2D eigenvalue weighted by Crippen LogP contribution is -2.31. The highest BCUT2D eigenvalue weighted by atomic mass is 127. The molecule has 1 aromatic rings. The third kappa shape index (κ3) is 10.2. The van der Waals surface area contributed by atoms with Gasteiger partial charge < -0.3 is 24.8 Å². The Morgan fingerprint density at radius 2 is 2.08 bits per heavy atom. The Morgan fingerprint density at radius 1 is 1.23 bits per heavy atom. The van der Waals surface area contributed by atoms with E-state index < -0.39 is 0 Å². The van der Waals surface area contributed by atoms with Gasteiger partial charge in [0, 0.05) is 45.0 Å². The van der Waals surface area contributed by atoms with Crippen LogP contribution in [0.2, 0.25) is 0 Å². The van der Waals surface area contributed by atoms with Crippen LogP contribution in [0.25, 0.3) is 0 Å². The molecular formula is C19H32IN3O3. The summed E-state index contributed by atoms with van der Waals surface area (Å²) in [7, 11) is 1.70. The number of aliphatic imine (C=N–C) groups is 1. The topological polar surface area (TPSA) is 64.1 Å². The average Bonchev–Trinajstić information content (AvgIpc) is 3.43. The van der Waals surface area contributed by atoms with E-state index in [9.17, 15) is 0 Å². The normalized spacial score (nSPS) is 13.8. The second kappa shape index (κ2) is 14.1. The molecule has 0 aliphatic heterocycles. The minimum atomic E-state index is 0. The first-order valence-electron chi connectivity index (χ1n) is 9.16. The van der Waals surface area contributed by atoms with Crippen LogP contribution in [0.4, 0.5) is 5.69 Å². The van der Waals surface area contributed by atoms with Gasteiger partial charge in [-0.2, -0.15) is 0 Å². The molecule has 0 heterocycles. The predicted octanol–water partition coefficient (Wildman–Crippen LogP) is 3.52. The Labute approximate surface area is 174 Å². The van der Waals surface area contributed by atoms with Crippen LogP contribution in [-0.4, -0.2) is 52.6 Å². The van der Waals surface area contributed by atoms with Gasteiger partial charge in [0.15, 0.2) is 5.96 Å². The maximum atomic E-state index is 5.73. The molecule has 6 nitrogen and oxygen atoms in total. The summed E-state index contributed by atoms with van der Waals surface area (Å²) < 4.78 is 16.4. The van der Waals surface area contributed by atoms with E-state index in [2.05, 4.69) is 22.5 Å². The van der Waals surface area contributed by atoms with Gasteiger partial charge in [0.25, 0.3) is 0 Å². The van der Waals surface area contributed by atoms with E-state index in [1.807, 2.05) is 24.3 Å². The van der Waals surface area contributed by atoms with Gasteiger partial charge in [-0.05, 0) is 37.8 Å². The van der Waals surface area contributed by atoms with Crippen LogP contribution < -0.4 is 15.4 Å². The van der Waals surface area contributed by atoms with Crippen LogP contribution in [0, 0.1) is 5.92 Å². The highest BCUT2D eigenvalue weighted by molar-refractivity contribution is 14.0. The second-order valence-electron chi connectivity index (χ2n) is 6.13. The largest absolute Gasteiger partial charge is 0.493 e. The number of benzene rings is 1. The molecule has 2 N–H and O–H groups in total. The smallest absolute Gasteiger partial charge is 0.195 e. The van der Waals surface area contributed by atoms with Crippen LogP contribution in [-0.2, 0) is 9.47 Å². The number of methoxy groups -OCH3 is 1. The van der Waals surface area contributed by atoms with Crippen LogP contribution in [0.5, 0.6) is 5.75 Å². The number of rotatable bonds is 12. The fourth-order valence-electron chi connectivity index (χ4n) is 2.26. The first-order valence-corrected chi connectivity index (χ1v) is 9.16. The fraction of sp³-hybridized carbons (Fsp3) is 0.632. The molecule has 1 fully saturated rings. The number of nitrogens with one attached hydrogen (secondary N) is 2. The molecule has 0 atom stereocenters. The molecule has 2 rings (SSSR count). The van der Waals surface area contributed by atoms with Crippen LogP contribution in [0.15, 0.2) is 29.3 Å². The van der Waals surface area contributed by atoms with Crippen LogP contribution in [0.1, 0.15) is 26.2 Å². The Balaban J connectivity index is 0.00000338. The Bertz CT molecular complexity index is 525. The van der Waals surface area contributed by atoms with E-state index in [1.54, 1.807) is 7.11 Å². The molecule has 148 valence electrons. The fourth-order valence-corrected chi connectivity index (χ4v) is 2.26. The van der Waals surface area contributed by atoms with E-state index in [4.69, 9.17) is 14.2 Å². The lowest BCUT2D eigenvalue weighted by molar-refractivity contribution is 0.132. The molecule has 0 saturated heterocycles. The summed E-state index contributed by atoms with van der Waals surface area (Å²) in [4.78, 5) is 4.55. The summed E-state index contributed by atoms with van der Waals surface area (Å²) in [5, 5.41) is 6.56. The first kappa shape index (κ1) is 23.0. The van der Waals surface area contributed by atoms with Gasteiger partial charge in [-0.3, -0.25) is 4.99 Å². The van der Waals surface area contributed by atoms with Gasteiger partial charge in [-0.15, -0.1) is 24.0 Å². The third-order valence-corrected chi connectivity index (χ3v) is 3.76. The number of guanidine groups is 1. The molecule has 0 spiro atoms. The van der Waals surface area contributed by atoms with Gasteiger partial charge in [-0.25, -0.2) is 0 Å². The Kier molecular flexibility index (Phi) is 12.4. The van der Waals surface area contributed by atoms with E-state index in [-0.39, 0.29) is 24.0 Å². The monoisotopic (exact) mass is 477 g/mol. The Morgan fingerprint density at radius 3 is 2.81 bits per heavy atom. The number of nitrogens with zero attached hydrogens (tertiary/aromatic N) is 1. The van der Waals surface area contributed by atoms with Crippen LogP contribution in [0.3, 0.4) is 0 Å². The van der Waals surface area contributed by atoms with E-state index >= 15 is 0 Å². The number of ether oxygens (including phenoxy) is 3. The standard InChI is InChI=1S/C19H31N3O3.HI/c1-3-20-19(21-10-13-24-15-16-8-9-16)22-17-6-4-7-18(14-17)25-12-5-11-23-2;/h4,6-7,14,16H,3,5,8-13,15H2,1-2H3,(H2,20,21,22);1H. The van der Waals surface area contributed by atoms with Crippen molar-refractivity contribution in [2.75, 3.05) is 51.9 Å². The molecule has 0 amide bonds. The SMILES string of the molecule is CCNC(=NCCOCC1CC1)Nc1cccc(OCCCOC)c1.I. The highest BCUT2D eigenvalue weighted by Gasteiger charge is 2.20. The van der Waals surface area contributed by atoms with Crippen molar-refractivity contribution in [2.45, 2.75) is 26.2 Å². The van der Waals surface area contributed by atoms with Gasteiger partial charge in [0.05, 0.1) is 19.8 Å². The summed E-state index contributed by atoms with van der Waals surface area (Å²) in [6.45, 7) is 6.40. The Hall–Kier alpha value is -1.06. The number of halogens is 1. The number of anilines is 1. The van der Waals surface area contributed by atoms with Crippen LogP contribution >= 0.6 is 24.0 Å². The number of hydrogen-bond donors (Lipinski definition) is 2. The van der Waals surface area contributed by atoms with Crippen molar-refractivity contribution in [1.29, 1.82) is 0 Å². The molecule has 0 unspecified atom stereocenters. The first-order chi connectivity index (χ1) is 12.3. The molecule has 0 aromatic heterocycles. The summed E-state index contributed by atoms with van der Waals surface area (Å²) in [5.41, 5.74) is 0.947. The van der Waals surface area contributed by atoms with Crippen molar-refractivity contribution >= 4 is 35.6 Å². The molecule has 1 aliphatic carbocycles. The van der Waals surface area contributed by atoms with E-state index in [0.717, 1.165) is 42.9 Å². The summed E-state index contributed by atoms with van der Waals surface area (Å²) in [6, 6.07) is 7.89. The summed E-state index contributed by atoms with van der Waals surface area (Å²) >= 11 is 0. The molecule has 0 radical (unpaired) electrons. The molecular weight excluding hydrogens is 445 g/mol. The second-order valence-corrected chi connectivity index (χ2v) is 6.13. The summed E-state index contributed by atoms with van der Waals surface area (Å²) in [6.07, 6.45) is 3.51. The maximum absolute atomic E-state index is 5.73. The van der Waals surface area contributed by atoms with Gasteiger partial charge in [0.1, 0.15) is 5.75 Å². The molecule has 1 saturated carbocycles. The zero-order chi connectivity index (χ0) is 17.7. The number of hydrogen-bond acceptors (Lipinski definition) is 4. The zero-order valence-electron chi connectivity index (χ0n) is 15.8. The summed E-state index contributed by atoms with van der Waals surface area (Å²) in [5.74, 6) is 2.39. The third-order valence-electron chi connectivity index (χ3n) is 3.76. The molecule has 26 heavy (non-hydrogen) atoms. The van der Waals surface area contributed by atoms with Crippen molar-refractivity contribution in [3.63, 3.8) is 0 Å². The van der Waals surface area contributed by atoms with Crippen molar-refractivity contribution in [2.24, 2.45) is 10.9 Å². The van der Waals surface area contributed by atoms with Crippen molar-refractivity contribution in [3.8, 4) is 5.75 Å². The molecule has 1 aromatic carbocycles. The lowest BCUT2D eigenvalue weighted by Gasteiger charge is -2.13. The maximum Gasteiger partial charge on any atom is 0.195 e. The van der Waals surface area contributed by atoms with Gasteiger partial charge in [-0.1, -0.05) is 6.07 Å². The van der Waals surface area contributed by atoms with Crippen molar-refractivity contribution in [3.05, 3.63) is 24.3 Å². The van der Waals surface area contributed by atoms with E-state index in [0.29, 0.717) is 26.4 Å². The molecule has 0 bridgehead atoms. The van der Waals surface area contributed by atoms with Crippen molar-refractivity contribution in [1.82, 2.24) is 5.32 Å². The predicted molar refractivity (Wildman–Crippen MR) is 117 cm³/mol. The highest BCUT2D eigenvalue weighted by Crippen LogP contribution is 2.28. The quantitative estimate of drug-likeness (QED) is 0.209. The molecule has 1 aliphatic rings.